The van der Waals surface area contributed by atoms with Crippen molar-refractivity contribution in [2.75, 3.05) is 71.0 Å². The number of methoxy groups -OCH3 is 8. The first-order valence-electron chi connectivity index (χ1n) is 23.9. The van der Waals surface area contributed by atoms with Crippen molar-refractivity contribution >= 4 is 155 Å². The normalized spacial score (nSPS) is 10.9. The number of fused-ring (bicyclic) bond motifs is 4. The van der Waals surface area contributed by atoms with E-state index in [0.29, 0.717) is 76.0 Å². The van der Waals surface area contributed by atoms with Gasteiger partial charge >= 0.3 is 0 Å². The number of hydrogen-bond donors (Lipinski definition) is 1. The smallest absolute Gasteiger partial charge is 0.282 e. The monoisotopic (exact) mass is 1340 g/mol. The van der Waals surface area contributed by atoms with Crippen LogP contribution in [0.25, 0.3) is 66.9 Å². The minimum atomic E-state index is -0.751. The first kappa shape index (κ1) is 65.4. The summed E-state index contributed by atoms with van der Waals surface area (Å²) in [6.45, 7) is 0. The molecule has 0 aliphatic carbocycles. The van der Waals surface area contributed by atoms with E-state index in [4.69, 9.17) is 136 Å². The Morgan fingerprint density at radius 2 is 0.849 bits per heavy atom. The lowest BCUT2D eigenvalue weighted by Gasteiger charge is -2.12. The van der Waals surface area contributed by atoms with E-state index in [0.717, 1.165) is 0 Å². The maximum absolute atomic E-state index is 12.4. The van der Waals surface area contributed by atoms with Crippen LogP contribution in [0.1, 0.15) is 20.7 Å². The second-order valence-electron chi connectivity index (χ2n) is 17.0. The van der Waals surface area contributed by atoms with Gasteiger partial charge in [-0.25, -0.2) is 54.5 Å². The number of primary amides is 1. The van der Waals surface area contributed by atoms with E-state index in [1.807, 2.05) is 0 Å². The number of carbonyl (C=O) groups excluding carboxylic acids is 2. The highest BCUT2D eigenvalue weighted by Crippen LogP contribution is 2.42. The number of nitrogens with two attached hydrogens (primary N) is 1. The molecule has 4 aromatic carbocycles. The van der Waals surface area contributed by atoms with E-state index in [-0.39, 0.29) is 89.3 Å². The van der Waals surface area contributed by atoms with Crippen LogP contribution in [0.2, 0.25) is 40.2 Å². The maximum Gasteiger partial charge on any atom is 0.282 e. The summed E-state index contributed by atoms with van der Waals surface area (Å²) in [5.41, 5.74) is 9.52. The number of ether oxygens (including phenoxy) is 8. The molecule has 35 heteroatoms. The number of nitrogens with zero attached hydrogens (tertiary/aromatic N) is 16. The highest BCUT2D eigenvalue weighted by atomic mass is 35.5. The highest BCUT2D eigenvalue weighted by Gasteiger charge is 2.26. The first-order chi connectivity index (χ1) is 41.0. The van der Waals surface area contributed by atoms with Crippen molar-refractivity contribution in [3.63, 3.8) is 0 Å². The largest absolute Gasteiger partial charge is 0.477 e. The molecular formula is C51H45Cl8N17O10. The molecule has 6 heterocycles. The fourth-order valence-corrected chi connectivity index (χ4v) is 9.24. The Hall–Kier alpha value is -8.15. The van der Waals surface area contributed by atoms with Crippen LogP contribution in [-0.4, -0.2) is 163 Å². The van der Waals surface area contributed by atoms with Crippen LogP contribution in [-0.2, 0) is 14.1 Å². The third-order valence-corrected chi connectivity index (χ3v) is 14.5. The van der Waals surface area contributed by atoms with Crippen molar-refractivity contribution in [2.24, 2.45) is 24.8 Å². The third-order valence-electron chi connectivity index (χ3n) is 11.3. The van der Waals surface area contributed by atoms with Gasteiger partial charge in [-0.1, -0.05) is 92.8 Å². The maximum atomic E-state index is 12.4. The molecule has 0 radical (unpaired) electrons. The van der Waals surface area contributed by atoms with Crippen LogP contribution in [0.4, 0.5) is 0 Å². The highest BCUT2D eigenvalue weighted by molar-refractivity contribution is 6.47. The van der Waals surface area contributed by atoms with Crippen LogP contribution >= 0.6 is 92.8 Å². The average Bonchev–Trinajstić information content (AvgIpc) is 1.22. The second-order valence-corrected chi connectivity index (χ2v) is 20.1. The van der Waals surface area contributed by atoms with Crippen molar-refractivity contribution in [1.29, 1.82) is 0 Å². The van der Waals surface area contributed by atoms with Gasteiger partial charge in [-0.2, -0.15) is 15.2 Å². The summed E-state index contributed by atoms with van der Waals surface area (Å²) in [5, 5.41) is 10.0. The minimum Gasteiger partial charge on any atom is -0.477 e. The molecule has 6 aromatic heterocycles. The zero-order valence-corrected chi connectivity index (χ0v) is 52.9. The number of rotatable bonds is 13. The second kappa shape index (κ2) is 28.4. The molecular weight excluding hydrogens is 1290 g/mol. The number of aryl methyl sites for hydroxylation is 2. The molecule has 2 amide bonds. The Morgan fingerprint density at radius 3 is 1.21 bits per heavy atom. The van der Waals surface area contributed by atoms with Crippen LogP contribution in [0.5, 0.6) is 47.0 Å². The van der Waals surface area contributed by atoms with Gasteiger partial charge in [0.2, 0.25) is 0 Å². The van der Waals surface area contributed by atoms with Crippen molar-refractivity contribution in [2.45, 2.75) is 0 Å². The lowest BCUT2D eigenvalue weighted by atomic mass is 10.1. The van der Waals surface area contributed by atoms with Gasteiger partial charge in [-0.3, -0.25) is 14.3 Å². The summed E-state index contributed by atoms with van der Waals surface area (Å²) >= 11 is 49.2. The van der Waals surface area contributed by atoms with E-state index >= 15 is 0 Å². The molecule has 27 nitrogen and oxygen atoms in total. The number of hydrogen-bond acceptors (Lipinski definition) is 22. The summed E-state index contributed by atoms with van der Waals surface area (Å²) in [6, 6.07) is 6.20. The van der Waals surface area contributed by atoms with Crippen molar-refractivity contribution in [1.82, 2.24) is 74.3 Å². The molecule has 0 aliphatic rings. The summed E-state index contributed by atoms with van der Waals surface area (Å²) in [5.74, 6) is 1.20. The van der Waals surface area contributed by atoms with Gasteiger partial charge in [0, 0.05) is 28.2 Å². The number of amides is 2. The molecule has 10 rings (SSSR count). The van der Waals surface area contributed by atoms with Gasteiger partial charge in [0.15, 0.2) is 11.6 Å². The van der Waals surface area contributed by atoms with Gasteiger partial charge < -0.3 is 48.5 Å². The molecule has 0 unspecified atom stereocenters. The minimum absolute atomic E-state index is 0.00220. The van der Waals surface area contributed by atoms with E-state index in [2.05, 4.69) is 65.0 Å². The Labute approximate surface area is 527 Å². The molecule has 450 valence electrons. The molecule has 10 aromatic rings. The molecule has 0 saturated heterocycles. The third kappa shape index (κ3) is 13.7. The summed E-state index contributed by atoms with van der Waals surface area (Å²) in [4.78, 5) is 72.0. The molecule has 0 atom stereocenters. The van der Waals surface area contributed by atoms with Crippen LogP contribution in [0.3, 0.4) is 0 Å². The number of aromatic nitrogens is 14. The van der Waals surface area contributed by atoms with Gasteiger partial charge in [-0.05, 0) is 24.3 Å². The fraction of sp³-hybridized carbons (Fsp3) is 0.235. The van der Waals surface area contributed by atoms with Gasteiger partial charge in [0.1, 0.15) is 34.7 Å². The van der Waals surface area contributed by atoms with Crippen molar-refractivity contribution in [3.8, 4) is 69.8 Å². The molecule has 86 heavy (non-hydrogen) atoms. The number of aliphatic imine (C=N–C) groups is 1. The Balaban J connectivity index is 0.000000164. The predicted molar refractivity (Wildman–Crippen MR) is 326 cm³/mol. The van der Waals surface area contributed by atoms with Crippen molar-refractivity contribution < 1.29 is 47.5 Å². The fourth-order valence-electron chi connectivity index (χ4n) is 7.53. The lowest BCUT2D eigenvalue weighted by molar-refractivity contribution is 0.0994. The Morgan fingerprint density at radius 1 is 0.500 bits per heavy atom. The van der Waals surface area contributed by atoms with Gasteiger partial charge in [-0.15, -0.1) is 0 Å². The zero-order valence-electron chi connectivity index (χ0n) is 46.9. The van der Waals surface area contributed by atoms with E-state index < -0.39 is 11.8 Å². The average molecular weight is 1340 g/mol. The predicted octanol–water partition coefficient (Wildman–Crippen LogP) is 10.2. The Kier molecular flexibility index (Phi) is 21.6. The first-order valence-corrected chi connectivity index (χ1v) is 26.9. The number of benzene rings is 4. The van der Waals surface area contributed by atoms with E-state index in [9.17, 15) is 9.59 Å². The molecule has 0 fully saturated rings. The van der Waals surface area contributed by atoms with Crippen LogP contribution < -0.4 is 43.6 Å². The molecule has 0 saturated carbocycles. The molecule has 0 spiro atoms. The van der Waals surface area contributed by atoms with E-state index in [1.165, 1.54) is 81.7 Å². The summed E-state index contributed by atoms with van der Waals surface area (Å²) in [6.07, 6.45) is 4.35. The van der Waals surface area contributed by atoms with Crippen LogP contribution in [0, 0.1) is 0 Å². The Bertz CT molecular complexity index is 4270. The standard InChI is InChI=1S/C14H14Cl2N4O3.2C13H11Cl2N5O2.C11H9Cl2N3O3/c1-20(2)6-17-12(21)9-10(16)7(15)5-8-11(9)19-14(23-4)13(18-8)22-3;1-20-5-16-11(19-20)8-9(15)6(14)4-7-10(8)18-13(22-3)12(17-7)21-2;1-20-11(16-5-17-20)8-9(15)6(14)4-7-10(8)19-13(22-3)12(18-7)21-2;1-18-10-11(19-2)16-8-5(15-10)3-4(12)7(13)6(8)9(14)17/h5-6H,1-4H3;2*4-5H,1-3H3;3H,1-2H3,(H2,14,17). The van der Waals surface area contributed by atoms with E-state index in [1.54, 1.807) is 60.9 Å². The number of halogens is 8. The summed E-state index contributed by atoms with van der Waals surface area (Å²) in [7, 11) is 18.6. The number of carbonyl (C=O) groups is 2. The molecule has 0 aliphatic heterocycles. The van der Waals surface area contributed by atoms with Crippen LogP contribution in [0.15, 0.2) is 41.9 Å². The lowest BCUT2D eigenvalue weighted by Crippen LogP contribution is -2.13. The topological polar surface area (TPSA) is 314 Å². The van der Waals surface area contributed by atoms with Gasteiger partial charge in [0.25, 0.3) is 58.9 Å². The van der Waals surface area contributed by atoms with Crippen molar-refractivity contribution in [3.05, 3.63) is 88.2 Å². The van der Waals surface area contributed by atoms with Gasteiger partial charge in [0.05, 0.1) is 148 Å². The quantitative estimate of drug-likeness (QED) is 0.0828. The zero-order chi connectivity index (χ0) is 63.0. The summed E-state index contributed by atoms with van der Waals surface area (Å²) < 4.78 is 44.1. The molecule has 0 bridgehead atoms. The molecule has 2 N–H and O–H groups in total. The SMILES string of the molecule is COc1nc2cc(Cl)c(Cl)c(-c3ncn(C)n3)c2nc1OC.COc1nc2cc(Cl)c(Cl)c(-c3ncnn3C)c2nc1OC.COc1nc2cc(Cl)c(Cl)c(C(=O)N=CN(C)C)c2nc1OC.COc1nc2cc(Cl)c(Cl)c(C(N)=O)c2nc1OC.